The number of benzene rings is 1. The Morgan fingerprint density at radius 1 is 1.47 bits per heavy atom. The van der Waals surface area contributed by atoms with Gasteiger partial charge in [-0.2, -0.15) is 0 Å². The van der Waals surface area contributed by atoms with Gasteiger partial charge >= 0.3 is 5.97 Å². The summed E-state index contributed by atoms with van der Waals surface area (Å²) in [7, 11) is 1.34. The SMILES string of the molecule is C=CCO[C@H](C(=O)OC)c1ccccc1. The maximum Gasteiger partial charge on any atom is 0.339 e. The van der Waals surface area contributed by atoms with E-state index < -0.39 is 12.1 Å². The van der Waals surface area contributed by atoms with E-state index in [1.807, 2.05) is 30.3 Å². The fraction of sp³-hybridized carbons (Fsp3) is 0.250. The van der Waals surface area contributed by atoms with E-state index >= 15 is 0 Å². The number of methoxy groups -OCH3 is 1. The number of hydrogen-bond acceptors (Lipinski definition) is 3. The predicted octanol–water partition coefficient (Wildman–Crippen LogP) is 2.10. The normalized spacial score (nSPS) is 11.8. The first kappa shape index (κ1) is 11.5. The van der Waals surface area contributed by atoms with Crippen LogP contribution in [0.4, 0.5) is 0 Å². The van der Waals surface area contributed by atoms with E-state index in [0.717, 1.165) is 5.56 Å². The Morgan fingerprint density at radius 2 is 2.13 bits per heavy atom. The van der Waals surface area contributed by atoms with Gasteiger partial charge in [-0.15, -0.1) is 6.58 Å². The molecule has 0 amide bonds. The minimum absolute atomic E-state index is 0.314. The largest absolute Gasteiger partial charge is 0.467 e. The average molecular weight is 206 g/mol. The van der Waals surface area contributed by atoms with Gasteiger partial charge in [0, 0.05) is 0 Å². The summed E-state index contributed by atoms with van der Waals surface area (Å²) < 4.78 is 10.0. The van der Waals surface area contributed by atoms with Crippen molar-refractivity contribution in [2.75, 3.05) is 13.7 Å². The Labute approximate surface area is 89.3 Å². The predicted molar refractivity (Wildman–Crippen MR) is 57.3 cm³/mol. The molecular formula is C12H14O3. The van der Waals surface area contributed by atoms with Crippen molar-refractivity contribution in [3.8, 4) is 0 Å². The summed E-state index contributed by atoms with van der Waals surface area (Å²) in [6.07, 6.45) is 0.924. The molecule has 0 aliphatic carbocycles. The van der Waals surface area contributed by atoms with E-state index in [0.29, 0.717) is 6.61 Å². The van der Waals surface area contributed by atoms with E-state index in [1.54, 1.807) is 6.08 Å². The second-order valence-electron chi connectivity index (χ2n) is 2.94. The maximum atomic E-state index is 11.4. The lowest BCUT2D eigenvalue weighted by molar-refractivity contribution is -0.153. The lowest BCUT2D eigenvalue weighted by Gasteiger charge is -2.14. The number of esters is 1. The van der Waals surface area contributed by atoms with E-state index in [2.05, 4.69) is 11.3 Å². The molecular weight excluding hydrogens is 192 g/mol. The molecule has 3 heteroatoms. The summed E-state index contributed by atoms with van der Waals surface area (Å²) >= 11 is 0. The fourth-order valence-electron chi connectivity index (χ4n) is 1.20. The van der Waals surface area contributed by atoms with E-state index in [-0.39, 0.29) is 0 Å². The Kier molecular flexibility index (Phi) is 4.57. The molecule has 0 bridgehead atoms. The Morgan fingerprint density at radius 3 is 2.67 bits per heavy atom. The van der Waals surface area contributed by atoms with Crippen molar-refractivity contribution in [3.63, 3.8) is 0 Å². The topological polar surface area (TPSA) is 35.5 Å². The smallest absolute Gasteiger partial charge is 0.339 e. The first-order chi connectivity index (χ1) is 7.29. The van der Waals surface area contributed by atoms with Crippen LogP contribution in [0, 0.1) is 0 Å². The Hall–Kier alpha value is -1.61. The van der Waals surface area contributed by atoms with Crippen LogP contribution in [0.15, 0.2) is 43.0 Å². The number of carbonyl (C=O) groups is 1. The van der Waals surface area contributed by atoms with Crippen molar-refractivity contribution in [1.82, 2.24) is 0 Å². The van der Waals surface area contributed by atoms with Gasteiger partial charge in [0.05, 0.1) is 13.7 Å². The zero-order chi connectivity index (χ0) is 11.1. The Balaban J connectivity index is 2.81. The molecule has 0 heterocycles. The summed E-state index contributed by atoms with van der Waals surface area (Å²) in [6.45, 7) is 3.85. The molecule has 0 saturated carbocycles. The number of rotatable bonds is 5. The summed E-state index contributed by atoms with van der Waals surface area (Å²) in [4.78, 5) is 11.4. The third kappa shape index (κ3) is 3.22. The number of ether oxygens (including phenoxy) is 2. The molecule has 80 valence electrons. The standard InChI is InChI=1S/C12H14O3/c1-3-9-15-11(12(13)14-2)10-7-5-4-6-8-10/h3-8,11H,1,9H2,2H3/t11-/m0/s1. The molecule has 0 radical (unpaired) electrons. The maximum absolute atomic E-state index is 11.4. The molecule has 0 N–H and O–H groups in total. The highest BCUT2D eigenvalue weighted by molar-refractivity contribution is 5.76. The first-order valence-electron chi connectivity index (χ1n) is 4.65. The minimum Gasteiger partial charge on any atom is -0.467 e. The molecule has 1 aromatic rings. The summed E-state index contributed by atoms with van der Waals surface area (Å²) in [5, 5.41) is 0. The van der Waals surface area contributed by atoms with Crippen LogP contribution in [0.3, 0.4) is 0 Å². The zero-order valence-electron chi connectivity index (χ0n) is 8.68. The third-order valence-corrected chi connectivity index (χ3v) is 1.90. The molecule has 1 rings (SSSR count). The lowest BCUT2D eigenvalue weighted by Crippen LogP contribution is -2.17. The molecule has 15 heavy (non-hydrogen) atoms. The molecule has 0 aliphatic rings. The van der Waals surface area contributed by atoms with Gasteiger partial charge in [-0.25, -0.2) is 4.79 Å². The highest BCUT2D eigenvalue weighted by atomic mass is 16.6. The average Bonchev–Trinajstić information content (AvgIpc) is 2.30. The van der Waals surface area contributed by atoms with E-state index in [9.17, 15) is 4.79 Å². The molecule has 0 spiro atoms. The lowest BCUT2D eigenvalue weighted by atomic mass is 10.1. The van der Waals surface area contributed by atoms with Gasteiger partial charge in [-0.1, -0.05) is 36.4 Å². The van der Waals surface area contributed by atoms with Gasteiger partial charge < -0.3 is 9.47 Å². The van der Waals surface area contributed by atoms with Crippen molar-refractivity contribution in [1.29, 1.82) is 0 Å². The quantitative estimate of drug-likeness (QED) is 0.546. The molecule has 0 aromatic heterocycles. The molecule has 1 aromatic carbocycles. The van der Waals surface area contributed by atoms with Crippen LogP contribution in [-0.4, -0.2) is 19.7 Å². The second-order valence-corrected chi connectivity index (χ2v) is 2.94. The van der Waals surface area contributed by atoms with Crippen molar-refractivity contribution in [2.45, 2.75) is 6.10 Å². The minimum atomic E-state index is -0.672. The van der Waals surface area contributed by atoms with Crippen LogP contribution >= 0.6 is 0 Å². The molecule has 0 unspecified atom stereocenters. The van der Waals surface area contributed by atoms with E-state index in [4.69, 9.17) is 4.74 Å². The summed E-state index contributed by atoms with van der Waals surface area (Å²) in [5.41, 5.74) is 0.784. The van der Waals surface area contributed by atoms with Crippen molar-refractivity contribution in [3.05, 3.63) is 48.6 Å². The van der Waals surface area contributed by atoms with Gasteiger partial charge in [0.2, 0.25) is 0 Å². The molecule has 0 aliphatic heterocycles. The van der Waals surface area contributed by atoms with Crippen LogP contribution in [0.1, 0.15) is 11.7 Å². The molecule has 0 fully saturated rings. The second kappa shape index (κ2) is 5.98. The van der Waals surface area contributed by atoms with Crippen molar-refractivity contribution in [2.24, 2.45) is 0 Å². The van der Waals surface area contributed by atoms with Gasteiger partial charge in [0.1, 0.15) is 0 Å². The summed E-state index contributed by atoms with van der Waals surface area (Å²) in [6, 6.07) is 9.23. The van der Waals surface area contributed by atoms with Gasteiger partial charge in [-0.05, 0) is 5.56 Å². The van der Waals surface area contributed by atoms with Crippen LogP contribution in [0.5, 0.6) is 0 Å². The number of carbonyl (C=O) groups excluding carboxylic acids is 1. The highest BCUT2D eigenvalue weighted by Crippen LogP contribution is 2.18. The summed E-state index contributed by atoms with van der Waals surface area (Å²) in [5.74, 6) is -0.400. The molecule has 3 nitrogen and oxygen atoms in total. The first-order valence-corrected chi connectivity index (χ1v) is 4.65. The van der Waals surface area contributed by atoms with Gasteiger partial charge in [-0.3, -0.25) is 0 Å². The highest BCUT2D eigenvalue weighted by Gasteiger charge is 2.21. The number of hydrogen-bond donors (Lipinski definition) is 0. The van der Waals surface area contributed by atoms with E-state index in [1.165, 1.54) is 7.11 Å². The third-order valence-electron chi connectivity index (χ3n) is 1.90. The van der Waals surface area contributed by atoms with Gasteiger partial charge in [0.25, 0.3) is 0 Å². The van der Waals surface area contributed by atoms with Crippen LogP contribution in [-0.2, 0) is 14.3 Å². The van der Waals surface area contributed by atoms with Crippen LogP contribution < -0.4 is 0 Å². The molecule has 0 saturated heterocycles. The van der Waals surface area contributed by atoms with Gasteiger partial charge in [0.15, 0.2) is 6.10 Å². The Bertz CT molecular complexity index is 319. The van der Waals surface area contributed by atoms with Crippen LogP contribution in [0.2, 0.25) is 0 Å². The monoisotopic (exact) mass is 206 g/mol. The molecule has 1 atom stereocenters. The van der Waals surface area contributed by atoms with Crippen molar-refractivity contribution >= 4 is 5.97 Å². The van der Waals surface area contributed by atoms with Crippen molar-refractivity contribution < 1.29 is 14.3 Å². The van der Waals surface area contributed by atoms with Crippen LogP contribution in [0.25, 0.3) is 0 Å². The fourth-order valence-corrected chi connectivity index (χ4v) is 1.20. The zero-order valence-corrected chi connectivity index (χ0v) is 8.68.